The Hall–Kier alpha value is -2.19. The first-order valence-electron chi connectivity index (χ1n) is 7.68. The zero-order chi connectivity index (χ0) is 16.7. The molecule has 2 aliphatic rings. The second kappa shape index (κ2) is 6.03. The molecule has 2 heterocycles. The molecule has 2 fully saturated rings. The van der Waals surface area contributed by atoms with Gasteiger partial charge in [0.2, 0.25) is 0 Å². The fraction of sp³-hybridized carbons (Fsp3) is 0.312. The van der Waals surface area contributed by atoms with Gasteiger partial charge in [-0.05, 0) is 36.6 Å². The maximum Gasteiger partial charge on any atom is 0.251 e. The molecule has 3 N–H and O–H groups in total. The fourth-order valence-electron chi connectivity index (χ4n) is 2.96. The maximum absolute atomic E-state index is 15.0. The average molecular weight is 349 g/mol. The number of carbonyl (C=O) groups is 1. The molecule has 2 aromatic carbocycles. The van der Waals surface area contributed by atoms with Gasteiger partial charge in [0.15, 0.2) is 5.82 Å². The molecular weight excluding hydrogens is 333 g/mol. The molecule has 0 spiro atoms. The van der Waals surface area contributed by atoms with E-state index in [2.05, 4.69) is 10.0 Å². The number of benzene rings is 2. The van der Waals surface area contributed by atoms with Gasteiger partial charge in [-0.15, -0.1) is 0 Å². The smallest absolute Gasteiger partial charge is 0.251 e. The zero-order valence-electron chi connectivity index (χ0n) is 12.7. The molecule has 24 heavy (non-hydrogen) atoms. The largest absolute Gasteiger partial charge is 0.506 e. The summed E-state index contributed by atoms with van der Waals surface area (Å²) in [7, 11) is 0. The van der Waals surface area contributed by atoms with Gasteiger partial charge in [0.05, 0.1) is 12.1 Å². The van der Waals surface area contributed by atoms with Crippen molar-refractivity contribution in [3.8, 4) is 11.5 Å². The summed E-state index contributed by atoms with van der Waals surface area (Å²) in [5.74, 6) is -0.401. The number of amides is 1. The van der Waals surface area contributed by atoms with Gasteiger partial charge in [-0.2, -0.15) is 0 Å². The lowest BCUT2D eigenvalue weighted by molar-refractivity contribution is -0.117. The first-order chi connectivity index (χ1) is 11.6. The Kier molecular flexibility index (Phi) is 3.85. The number of phenolic OH excluding ortho intramolecular Hbond substituents is 1. The summed E-state index contributed by atoms with van der Waals surface area (Å²) in [6, 6.07) is 6.63. The van der Waals surface area contributed by atoms with E-state index >= 15 is 0 Å². The maximum atomic E-state index is 15.0. The van der Waals surface area contributed by atoms with Gasteiger partial charge in [-0.1, -0.05) is 6.07 Å². The number of halogens is 1. The van der Waals surface area contributed by atoms with Crippen LogP contribution in [0.1, 0.15) is 6.42 Å². The molecule has 2 aliphatic heterocycles. The van der Waals surface area contributed by atoms with E-state index in [1.165, 1.54) is 10.4 Å². The second-order valence-corrected chi connectivity index (χ2v) is 6.65. The van der Waals surface area contributed by atoms with Crippen LogP contribution in [0.5, 0.6) is 11.5 Å². The molecule has 1 atom stereocenters. The molecule has 4 rings (SSSR count). The van der Waals surface area contributed by atoms with E-state index in [4.69, 9.17) is 4.74 Å². The Balaban J connectivity index is 1.73. The molecule has 2 aromatic rings. The number of hydrogen-bond donors (Lipinski definition) is 3. The zero-order valence-corrected chi connectivity index (χ0v) is 13.5. The third-order valence-electron chi connectivity index (χ3n) is 4.13. The molecule has 0 aliphatic carbocycles. The normalized spacial score (nSPS) is 20.6. The number of rotatable bonds is 3. The van der Waals surface area contributed by atoms with Gasteiger partial charge in [0.1, 0.15) is 29.8 Å². The van der Waals surface area contributed by atoms with Crippen molar-refractivity contribution in [1.29, 1.82) is 0 Å². The summed E-state index contributed by atoms with van der Waals surface area (Å²) in [5, 5.41) is 14.3. The van der Waals surface area contributed by atoms with E-state index in [0.29, 0.717) is 16.5 Å². The van der Waals surface area contributed by atoms with E-state index < -0.39 is 5.82 Å². The van der Waals surface area contributed by atoms with E-state index in [0.717, 1.165) is 31.6 Å². The van der Waals surface area contributed by atoms with E-state index in [1.807, 2.05) is 0 Å². The Morgan fingerprint density at radius 3 is 2.96 bits per heavy atom. The summed E-state index contributed by atoms with van der Waals surface area (Å²) in [4.78, 5) is 11.4. The fourth-order valence-corrected chi connectivity index (χ4v) is 3.69. The SMILES string of the molecule is O=C1CN(c2c(O)cc3ccc(OC4CCNC4)cc3c2F)SN1. The van der Waals surface area contributed by atoms with Crippen LogP contribution in [0.2, 0.25) is 0 Å². The first kappa shape index (κ1) is 15.3. The number of anilines is 1. The van der Waals surface area contributed by atoms with Gasteiger partial charge >= 0.3 is 0 Å². The third-order valence-corrected chi connectivity index (χ3v) is 4.98. The van der Waals surface area contributed by atoms with Gasteiger partial charge in [-0.3, -0.25) is 13.8 Å². The molecule has 1 amide bonds. The Labute approximate surface area is 142 Å². The van der Waals surface area contributed by atoms with Crippen LogP contribution in [0.25, 0.3) is 10.8 Å². The Bertz CT molecular complexity index is 811. The molecule has 6 nitrogen and oxygen atoms in total. The summed E-state index contributed by atoms with van der Waals surface area (Å²) >= 11 is 0.965. The number of phenols is 1. The second-order valence-electron chi connectivity index (χ2n) is 5.83. The number of ether oxygens (including phenoxy) is 1. The van der Waals surface area contributed by atoms with E-state index in [1.54, 1.807) is 18.2 Å². The molecule has 126 valence electrons. The lowest BCUT2D eigenvalue weighted by Gasteiger charge is -2.18. The predicted octanol–water partition coefficient (Wildman–Crippen LogP) is 1.92. The topological polar surface area (TPSA) is 73.8 Å². The molecule has 2 saturated heterocycles. The van der Waals surface area contributed by atoms with Crippen molar-refractivity contribution in [3.63, 3.8) is 0 Å². The van der Waals surface area contributed by atoms with Crippen LogP contribution in [0.4, 0.5) is 10.1 Å². The van der Waals surface area contributed by atoms with Gasteiger partial charge in [0.25, 0.3) is 5.91 Å². The van der Waals surface area contributed by atoms with Crippen LogP contribution in [0, 0.1) is 5.82 Å². The summed E-state index contributed by atoms with van der Waals surface area (Å²) in [6.45, 7) is 1.68. The lowest BCUT2D eigenvalue weighted by atomic mass is 10.1. The highest BCUT2D eigenvalue weighted by Crippen LogP contribution is 2.40. The molecule has 0 bridgehead atoms. The van der Waals surface area contributed by atoms with Gasteiger partial charge in [0, 0.05) is 11.9 Å². The third kappa shape index (κ3) is 2.71. The standard InChI is InChI=1S/C16H16FN3O3S/c17-15-12-6-10(23-11-3-4-18-7-11)2-1-9(12)5-13(21)16(15)20-8-14(22)19-24-20/h1-2,5-6,11,18,21H,3-4,7-8H2,(H,19,22). The predicted molar refractivity (Wildman–Crippen MR) is 90.6 cm³/mol. The van der Waals surface area contributed by atoms with Crippen LogP contribution in [0.15, 0.2) is 24.3 Å². The van der Waals surface area contributed by atoms with E-state index in [-0.39, 0.29) is 30.0 Å². The quantitative estimate of drug-likeness (QED) is 0.736. The first-order valence-corrected chi connectivity index (χ1v) is 8.45. The average Bonchev–Trinajstić information content (AvgIpc) is 3.20. The lowest BCUT2D eigenvalue weighted by Crippen LogP contribution is -2.19. The highest BCUT2D eigenvalue weighted by Gasteiger charge is 2.27. The Morgan fingerprint density at radius 2 is 2.25 bits per heavy atom. The summed E-state index contributed by atoms with van der Waals surface area (Å²) in [6.07, 6.45) is 0.998. The summed E-state index contributed by atoms with van der Waals surface area (Å²) in [5.41, 5.74) is 0.00512. The van der Waals surface area contributed by atoms with Crippen LogP contribution in [-0.2, 0) is 4.79 Å². The molecule has 0 saturated carbocycles. The Morgan fingerprint density at radius 1 is 1.38 bits per heavy atom. The van der Waals surface area contributed by atoms with Crippen molar-refractivity contribution in [1.82, 2.24) is 10.0 Å². The number of hydrogen-bond acceptors (Lipinski definition) is 6. The molecule has 1 unspecified atom stereocenters. The van der Waals surface area contributed by atoms with Crippen molar-refractivity contribution in [3.05, 3.63) is 30.1 Å². The number of carbonyl (C=O) groups excluding carboxylic acids is 1. The van der Waals surface area contributed by atoms with Crippen LogP contribution < -0.4 is 19.1 Å². The minimum absolute atomic E-state index is 0.00512. The molecular formula is C16H16FN3O3S. The van der Waals surface area contributed by atoms with Crippen molar-refractivity contribution >= 4 is 34.5 Å². The number of fused-ring (bicyclic) bond motifs is 1. The van der Waals surface area contributed by atoms with E-state index in [9.17, 15) is 14.3 Å². The number of aromatic hydroxyl groups is 1. The van der Waals surface area contributed by atoms with Crippen LogP contribution >= 0.6 is 12.1 Å². The van der Waals surface area contributed by atoms with Crippen LogP contribution in [0.3, 0.4) is 0 Å². The minimum atomic E-state index is -0.566. The van der Waals surface area contributed by atoms with Crippen molar-refractivity contribution < 1.29 is 19.0 Å². The molecule has 0 aromatic heterocycles. The van der Waals surface area contributed by atoms with Crippen LogP contribution in [-0.4, -0.2) is 36.8 Å². The molecule has 0 radical (unpaired) electrons. The number of nitrogens with one attached hydrogen (secondary N) is 2. The monoisotopic (exact) mass is 349 g/mol. The highest BCUT2D eigenvalue weighted by atomic mass is 32.2. The van der Waals surface area contributed by atoms with Crippen molar-refractivity contribution in [2.75, 3.05) is 23.9 Å². The highest BCUT2D eigenvalue weighted by molar-refractivity contribution is 7.99. The van der Waals surface area contributed by atoms with Gasteiger partial charge in [-0.25, -0.2) is 4.39 Å². The van der Waals surface area contributed by atoms with Gasteiger partial charge < -0.3 is 15.2 Å². The van der Waals surface area contributed by atoms with Crippen molar-refractivity contribution in [2.45, 2.75) is 12.5 Å². The summed E-state index contributed by atoms with van der Waals surface area (Å²) < 4.78 is 24.8. The van der Waals surface area contributed by atoms with Crippen molar-refractivity contribution in [2.24, 2.45) is 0 Å². The minimum Gasteiger partial charge on any atom is -0.506 e. The number of nitrogens with zero attached hydrogens (tertiary/aromatic N) is 1. The molecule has 8 heteroatoms.